The van der Waals surface area contributed by atoms with Crippen LogP contribution in [-0.2, 0) is 9.59 Å². The van der Waals surface area contributed by atoms with Crippen molar-refractivity contribution >= 4 is 11.9 Å². The standard InChI is InChI=1S/C8H11NO3/c10-7(9-4-1-2-4)5-3-6(5)8(11)12/h4-6H,1-3H2,(H,9,10)(H,11,12). The van der Waals surface area contributed by atoms with Gasteiger partial charge in [-0.15, -0.1) is 0 Å². The summed E-state index contributed by atoms with van der Waals surface area (Å²) in [5, 5.41) is 11.3. The topological polar surface area (TPSA) is 66.4 Å². The van der Waals surface area contributed by atoms with Gasteiger partial charge in [0, 0.05) is 6.04 Å². The zero-order valence-corrected chi connectivity index (χ0v) is 6.62. The summed E-state index contributed by atoms with van der Waals surface area (Å²) < 4.78 is 0. The summed E-state index contributed by atoms with van der Waals surface area (Å²) in [5.74, 6) is -1.57. The fourth-order valence-corrected chi connectivity index (χ4v) is 1.29. The predicted octanol–water partition coefficient (Wildman–Crippen LogP) is -0.0143. The van der Waals surface area contributed by atoms with E-state index in [0.29, 0.717) is 12.5 Å². The number of rotatable bonds is 3. The largest absolute Gasteiger partial charge is 0.481 e. The summed E-state index contributed by atoms with van der Waals surface area (Å²) in [6.45, 7) is 0. The molecule has 2 saturated carbocycles. The van der Waals surface area contributed by atoms with Crippen LogP contribution in [0.5, 0.6) is 0 Å². The summed E-state index contributed by atoms with van der Waals surface area (Å²) in [6.07, 6.45) is 2.63. The maximum Gasteiger partial charge on any atom is 0.307 e. The maximum atomic E-state index is 11.2. The fourth-order valence-electron chi connectivity index (χ4n) is 1.29. The zero-order chi connectivity index (χ0) is 8.72. The second kappa shape index (κ2) is 2.47. The first-order valence-corrected chi connectivity index (χ1v) is 4.21. The monoisotopic (exact) mass is 169 g/mol. The molecule has 0 saturated heterocycles. The van der Waals surface area contributed by atoms with E-state index in [1.54, 1.807) is 0 Å². The predicted molar refractivity (Wildman–Crippen MR) is 40.4 cm³/mol. The van der Waals surface area contributed by atoms with Gasteiger partial charge in [-0.05, 0) is 19.3 Å². The van der Waals surface area contributed by atoms with Crippen LogP contribution in [0.15, 0.2) is 0 Å². The number of carbonyl (C=O) groups is 2. The number of nitrogens with one attached hydrogen (secondary N) is 1. The van der Waals surface area contributed by atoms with Crippen molar-refractivity contribution in [2.45, 2.75) is 25.3 Å². The van der Waals surface area contributed by atoms with E-state index in [9.17, 15) is 9.59 Å². The van der Waals surface area contributed by atoms with E-state index >= 15 is 0 Å². The number of carboxylic acid groups (broad SMARTS) is 1. The van der Waals surface area contributed by atoms with Crippen LogP contribution in [-0.4, -0.2) is 23.0 Å². The first-order valence-electron chi connectivity index (χ1n) is 4.21. The number of aliphatic carboxylic acids is 1. The van der Waals surface area contributed by atoms with Gasteiger partial charge in [0.1, 0.15) is 0 Å². The molecule has 2 fully saturated rings. The SMILES string of the molecule is O=C(O)C1CC1C(=O)NC1CC1. The molecule has 2 atom stereocenters. The first kappa shape index (κ1) is 7.58. The molecule has 12 heavy (non-hydrogen) atoms. The van der Waals surface area contributed by atoms with Crippen molar-refractivity contribution < 1.29 is 14.7 Å². The van der Waals surface area contributed by atoms with Crippen LogP contribution in [0.25, 0.3) is 0 Å². The van der Waals surface area contributed by atoms with Gasteiger partial charge < -0.3 is 10.4 Å². The van der Waals surface area contributed by atoms with Crippen LogP contribution in [0, 0.1) is 11.8 Å². The Morgan fingerprint density at radius 1 is 1.25 bits per heavy atom. The van der Waals surface area contributed by atoms with Gasteiger partial charge in [-0.25, -0.2) is 0 Å². The molecule has 0 aliphatic heterocycles. The van der Waals surface area contributed by atoms with Gasteiger partial charge in [-0.3, -0.25) is 9.59 Å². The molecule has 0 heterocycles. The summed E-state index contributed by atoms with van der Waals surface area (Å²) >= 11 is 0. The smallest absolute Gasteiger partial charge is 0.307 e. The molecule has 0 aromatic heterocycles. The lowest BCUT2D eigenvalue weighted by Gasteiger charge is -1.99. The van der Waals surface area contributed by atoms with Gasteiger partial charge in [0.05, 0.1) is 11.8 Å². The van der Waals surface area contributed by atoms with Gasteiger partial charge >= 0.3 is 5.97 Å². The van der Waals surface area contributed by atoms with E-state index in [0.717, 1.165) is 12.8 Å². The fraction of sp³-hybridized carbons (Fsp3) is 0.750. The van der Waals surface area contributed by atoms with Crippen molar-refractivity contribution in [2.75, 3.05) is 0 Å². The highest BCUT2D eigenvalue weighted by Crippen LogP contribution is 2.39. The van der Waals surface area contributed by atoms with Crippen molar-refractivity contribution in [1.29, 1.82) is 0 Å². The van der Waals surface area contributed by atoms with Crippen LogP contribution in [0.3, 0.4) is 0 Å². The Morgan fingerprint density at radius 2 is 1.92 bits per heavy atom. The molecular formula is C8H11NO3. The van der Waals surface area contributed by atoms with E-state index in [1.807, 2.05) is 0 Å². The van der Waals surface area contributed by atoms with Crippen molar-refractivity contribution in [3.05, 3.63) is 0 Å². The Labute approximate surface area is 69.9 Å². The molecule has 2 aliphatic carbocycles. The van der Waals surface area contributed by atoms with Crippen LogP contribution >= 0.6 is 0 Å². The lowest BCUT2D eigenvalue weighted by Crippen LogP contribution is -2.28. The lowest BCUT2D eigenvalue weighted by molar-refractivity contribution is -0.140. The molecule has 0 aromatic carbocycles. The Balaban J connectivity index is 1.79. The van der Waals surface area contributed by atoms with Gasteiger partial charge in [-0.1, -0.05) is 0 Å². The van der Waals surface area contributed by atoms with E-state index in [4.69, 9.17) is 5.11 Å². The first-order chi connectivity index (χ1) is 5.68. The molecule has 0 radical (unpaired) electrons. The number of amides is 1. The van der Waals surface area contributed by atoms with Crippen molar-refractivity contribution in [3.8, 4) is 0 Å². The molecule has 0 bridgehead atoms. The Bertz CT molecular complexity index is 234. The third-order valence-corrected chi connectivity index (χ3v) is 2.37. The minimum atomic E-state index is -0.842. The molecule has 4 nitrogen and oxygen atoms in total. The second-order valence-corrected chi connectivity index (χ2v) is 3.57. The Kier molecular flexibility index (Phi) is 1.56. The summed E-state index contributed by atoms with van der Waals surface area (Å²) in [7, 11) is 0. The van der Waals surface area contributed by atoms with E-state index in [1.165, 1.54) is 0 Å². The van der Waals surface area contributed by atoms with Gasteiger partial charge in [0.25, 0.3) is 0 Å². The third kappa shape index (κ3) is 1.42. The summed E-state index contributed by atoms with van der Waals surface area (Å²) in [5.41, 5.74) is 0. The van der Waals surface area contributed by atoms with Crippen LogP contribution < -0.4 is 5.32 Å². The average molecular weight is 169 g/mol. The van der Waals surface area contributed by atoms with Crippen LogP contribution in [0.2, 0.25) is 0 Å². The van der Waals surface area contributed by atoms with Crippen molar-refractivity contribution in [2.24, 2.45) is 11.8 Å². The van der Waals surface area contributed by atoms with Crippen molar-refractivity contribution in [3.63, 3.8) is 0 Å². The molecule has 2 aliphatic rings. The number of hydrogen-bond donors (Lipinski definition) is 2. The van der Waals surface area contributed by atoms with Crippen LogP contribution in [0.1, 0.15) is 19.3 Å². The van der Waals surface area contributed by atoms with Crippen molar-refractivity contribution in [1.82, 2.24) is 5.32 Å². The molecule has 0 spiro atoms. The van der Waals surface area contributed by atoms with Gasteiger partial charge in [0.15, 0.2) is 0 Å². The molecule has 2 N–H and O–H groups in total. The number of hydrogen-bond acceptors (Lipinski definition) is 2. The number of carboxylic acids is 1. The highest BCUT2D eigenvalue weighted by atomic mass is 16.4. The van der Waals surface area contributed by atoms with Crippen LogP contribution in [0.4, 0.5) is 0 Å². The molecule has 66 valence electrons. The molecule has 2 unspecified atom stereocenters. The normalized spacial score (nSPS) is 32.7. The number of carbonyl (C=O) groups excluding carboxylic acids is 1. The minimum absolute atomic E-state index is 0.0649. The molecular weight excluding hydrogens is 158 g/mol. The maximum absolute atomic E-state index is 11.2. The third-order valence-electron chi connectivity index (χ3n) is 2.37. The summed E-state index contributed by atoms with van der Waals surface area (Å²) in [4.78, 5) is 21.6. The van der Waals surface area contributed by atoms with E-state index in [2.05, 4.69) is 5.32 Å². The van der Waals surface area contributed by atoms with Gasteiger partial charge in [0.2, 0.25) is 5.91 Å². The Hall–Kier alpha value is -1.06. The highest BCUT2D eigenvalue weighted by Gasteiger charge is 2.49. The second-order valence-electron chi connectivity index (χ2n) is 3.57. The Morgan fingerprint density at radius 3 is 2.33 bits per heavy atom. The van der Waals surface area contributed by atoms with E-state index in [-0.39, 0.29) is 11.8 Å². The quantitative estimate of drug-likeness (QED) is 0.624. The zero-order valence-electron chi connectivity index (χ0n) is 6.62. The summed E-state index contributed by atoms with van der Waals surface area (Å²) in [6, 6.07) is 0.340. The highest BCUT2D eigenvalue weighted by molar-refractivity contribution is 5.89. The molecule has 2 rings (SSSR count). The van der Waals surface area contributed by atoms with Gasteiger partial charge in [-0.2, -0.15) is 0 Å². The average Bonchev–Trinajstić information content (AvgIpc) is 2.82. The molecule has 1 amide bonds. The minimum Gasteiger partial charge on any atom is -0.481 e. The molecule has 4 heteroatoms. The lowest BCUT2D eigenvalue weighted by atomic mass is 10.3. The molecule has 0 aromatic rings. The van der Waals surface area contributed by atoms with E-state index < -0.39 is 11.9 Å².